The molecule has 1 amide bonds. The van der Waals surface area contributed by atoms with E-state index >= 15 is 0 Å². The Morgan fingerprint density at radius 2 is 2.06 bits per heavy atom. The van der Waals surface area contributed by atoms with Gasteiger partial charge in [-0.15, -0.1) is 0 Å². The van der Waals surface area contributed by atoms with Crippen molar-refractivity contribution in [1.29, 1.82) is 0 Å². The lowest BCUT2D eigenvalue weighted by Crippen LogP contribution is -2.14. The van der Waals surface area contributed by atoms with Crippen molar-refractivity contribution in [2.45, 2.75) is 0 Å². The molecule has 0 saturated carbocycles. The average molecular weight is 234 g/mol. The van der Waals surface area contributed by atoms with Gasteiger partial charge in [-0.2, -0.15) is 5.10 Å². The number of nitrogens with one attached hydrogen (secondary N) is 3. The zero-order valence-corrected chi connectivity index (χ0v) is 9.12. The van der Waals surface area contributed by atoms with Crippen LogP contribution in [0, 0.1) is 5.82 Å². The smallest absolute Gasteiger partial charge is 0.275 e. The van der Waals surface area contributed by atoms with E-state index in [0.29, 0.717) is 17.1 Å². The summed E-state index contributed by atoms with van der Waals surface area (Å²) >= 11 is 0. The third-order valence-corrected chi connectivity index (χ3v) is 2.24. The van der Waals surface area contributed by atoms with Crippen molar-refractivity contribution in [2.24, 2.45) is 0 Å². The molecule has 17 heavy (non-hydrogen) atoms. The van der Waals surface area contributed by atoms with Gasteiger partial charge < -0.3 is 10.6 Å². The standard InChI is InChI=1S/C11H11FN4O/c1-13-9-6-14-16-10(9)11(17)15-8-4-2-7(12)3-5-8/h2-6,13H,1H3,(H,14,16)(H,15,17). The summed E-state index contributed by atoms with van der Waals surface area (Å²) in [5.41, 5.74) is 1.45. The SMILES string of the molecule is CNc1cn[nH]c1C(=O)Nc1ccc(F)cc1. The average Bonchev–Trinajstić information content (AvgIpc) is 2.80. The number of carbonyl (C=O) groups is 1. The van der Waals surface area contributed by atoms with Crippen molar-refractivity contribution >= 4 is 17.3 Å². The molecule has 0 fully saturated rings. The lowest BCUT2D eigenvalue weighted by Gasteiger charge is -2.05. The fourth-order valence-corrected chi connectivity index (χ4v) is 1.38. The molecule has 2 rings (SSSR count). The summed E-state index contributed by atoms with van der Waals surface area (Å²) in [6, 6.07) is 5.54. The number of nitrogens with zero attached hydrogens (tertiary/aromatic N) is 1. The zero-order valence-electron chi connectivity index (χ0n) is 9.12. The Hall–Kier alpha value is -2.37. The summed E-state index contributed by atoms with van der Waals surface area (Å²) in [4.78, 5) is 11.8. The van der Waals surface area contributed by atoms with Crippen LogP contribution >= 0.6 is 0 Å². The number of benzene rings is 1. The number of hydrogen-bond donors (Lipinski definition) is 3. The molecule has 0 saturated heterocycles. The van der Waals surface area contributed by atoms with Crippen molar-refractivity contribution in [3.05, 3.63) is 42.0 Å². The second-order valence-corrected chi connectivity index (χ2v) is 3.37. The molecule has 88 valence electrons. The number of halogens is 1. The molecule has 0 bridgehead atoms. The highest BCUT2D eigenvalue weighted by atomic mass is 19.1. The first-order valence-corrected chi connectivity index (χ1v) is 4.98. The van der Waals surface area contributed by atoms with Crippen LogP contribution in [0.15, 0.2) is 30.5 Å². The van der Waals surface area contributed by atoms with Crippen LogP contribution in [-0.2, 0) is 0 Å². The van der Waals surface area contributed by atoms with Crippen molar-refractivity contribution in [3.63, 3.8) is 0 Å². The summed E-state index contributed by atoms with van der Waals surface area (Å²) in [5, 5.41) is 11.8. The van der Waals surface area contributed by atoms with Gasteiger partial charge in [0.1, 0.15) is 11.5 Å². The van der Waals surface area contributed by atoms with E-state index in [1.807, 2.05) is 0 Å². The minimum absolute atomic E-state index is 0.330. The van der Waals surface area contributed by atoms with Crippen molar-refractivity contribution in [1.82, 2.24) is 10.2 Å². The molecule has 0 aliphatic rings. The van der Waals surface area contributed by atoms with E-state index in [2.05, 4.69) is 20.8 Å². The molecule has 0 aliphatic carbocycles. The largest absolute Gasteiger partial charge is 0.385 e. The van der Waals surface area contributed by atoms with Crippen molar-refractivity contribution in [2.75, 3.05) is 17.7 Å². The Balaban J connectivity index is 2.14. The molecule has 3 N–H and O–H groups in total. The molecule has 1 heterocycles. The minimum Gasteiger partial charge on any atom is -0.385 e. The quantitative estimate of drug-likeness (QED) is 0.759. The lowest BCUT2D eigenvalue weighted by molar-refractivity contribution is 0.102. The summed E-state index contributed by atoms with van der Waals surface area (Å²) in [6.07, 6.45) is 1.51. The minimum atomic E-state index is -0.347. The summed E-state index contributed by atoms with van der Waals surface area (Å²) in [7, 11) is 1.69. The highest BCUT2D eigenvalue weighted by molar-refractivity contribution is 6.06. The fraction of sp³-hybridized carbons (Fsp3) is 0.0909. The van der Waals surface area contributed by atoms with Gasteiger partial charge in [0.15, 0.2) is 0 Å². The van der Waals surface area contributed by atoms with Crippen LogP contribution in [0.1, 0.15) is 10.5 Å². The maximum Gasteiger partial charge on any atom is 0.275 e. The number of hydrogen-bond acceptors (Lipinski definition) is 3. The fourth-order valence-electron chi connectivity index (χ4n) is 1.38. The molecule has 6 heteroatoms. The predicted octanol–water partition coefficient (Wildman–Crippen LogP) is 1.84. The zero-order chi connectivity index (χ0) is 12.3. The number of aromatic amines is 1. The molecule has 1 aromatic carbocycles. The van der Waals surface area contributed by atoms with Gasteiger partial charge in [0.2, 0.25) is 0 Å². The molecule has 0 spiro atoms. The van der Waals surface area contributed by atoms with Crippen LogP contribution < -0.4 is 10.6 Å². The third-order valence-electron chi connectivity index (χ3n) is 2.24. The summed E-state index contributed by atoms with van der Waals surface area (Å²) in [5.74, 6) is -0.682. The van der Waals surface area contributed by atoms with E-state index in [1.165, 1.54) is 30.5 Å². The van der Waals surface area contributed by atoms with Gasteiger partial charge in [-0.25, -0.2) is 4.39 Å². The van der Waals surface area contributed by atoms with Gasteiger partial charge >= 0.3 is 0 Å². The van der Waals surface area contributed by atoms with Crippen LogP contribution in [0.4, 0.5) is 15.8 Å². The Morgan fingerprint density at radius 3 is 2.71 bits per heavy atom. The molecule has 0 aliphatic heterocycles. The van der Waals surface area contributed by atoms with Gasteiger partial charge in [-0.1, -0.05) is 0 Å². The number of rotatable bonds is 3. The predicted molar refractivity (Wildman–Crippen MR) is 62.5 cm³/mol. The monoisotopic (exact) mass is 234 g/mol. The lowest BCUT2D eigenvalue weighted by atomic mass is 10.3. The number of amides is 1. The summed E-state index contributed by atoms with van der Waals surface area (Å²) in [6.45, 7) is 0. The Morgan fingerprint density at radius 1 is 1.35 bits per heavy atom. The van der Waals surface area contributed by atoms with Gasteiger partial charge in [-0.3, -0.25) is 9.89 Å². The number of H-pyrrole nitrogens is 1. The van der Waals surface area contributed by atoms with Crippen LogP contribution in [0.3, 0.4) is 0 Å². The van der Waals surface area contributed by atoms with Gasteiger partial charge in [0, 0.05) is 12.7 Å². The van der Waals surface area contributed by atoms with Crippen LogP contribution in [0.25, 0.3) is 0 Å². The first-order valence-electron chi connectivity index (χ1n) is 4.98. The van der Waals surface area contributed by atoms with Crippen LogP contribution in [0.2, 0.25) is 0 Å². The molecule has 2 aromatic rings. The number of carbonyl (C=O) groups excluding carboxylic acids is 1. The van der Waals surface area contributed by atoms with Gasteiger partial charge in [0.25, 0.3) is 5.91 Å². The van der Waals surface area contributed by atoms with Gasteiger partial charge in [-0.05, 0) is 24.3 Å². The van der Waals surface area contributed by atoms with Crippen LogP contribution in [0.5, 0.6) is 0 Å². The molecule has 0 radical (unpaired) electrons. The normalized spacial score (nSPS) is 10.0. The van der Waals surface area contributed by atoms with E-state index in [-0.39, 0.29) is 11.7 Å². The maximum atomic E-state index is 12.7. The Bertz CT molecular complexity index is 521. The molecular weight excluding hydrogens is 223 g/mol. The Kier molecular flexibility index (Phi) is 3.04. The number of anilines is 2. The van der Waals surface area contributed by atoms with E-state index in [4.69, 9.17) is 0 Å². The van der Waals surface area contributed by atoms with Crippen molar-refractivity contribution in [3.8, 4) is 0 Å². The third kappa shape index (κ3) is 2.41. The first-order chi connectivity index (χ1) is 8.20. The van der Waals surface area contributed by atoms with Crippen LogP contribution in [-0.4, -0.2) is 23.2 Å². The first kappa shape index (κ1) is 11.1. The highest BCUT2D eigenvalue weighted by Crippen LogP contribution is 2.14. The summed E-state index contributed by atoms with van der Waals surface area (Å²) < 4.78 is 12.7. The molecule has 1 aromatic heterocycles. The van der Waals surface area contributed by atoms with Crippen molar-refractivity contribution < 1.29 is 9.18 Å². The second-order valence-electron chi connectivity index (χ2n) is 3.37. The topological polar surface area (TPSA) is 69.8 Å². The molecular formula is C11H11FN4O. The van der Waals surface area contributed by atoms with E-state index < -0.39 is 0 Å². The Labute approximate surface area is 97.0 Å². The second kappa shape index (κ2) is 4.65. The number of aromatic nitrogens is 2. The van der Waals surface area contributed by atoms with E-state index in [1.54, 1.807) is 7.05 Å². The van der Waals surface area contributed by atoms with Gasteiger partial charge in [0.05, 0.1) is 11.9 Å². The maximum absolute atomic E-state index is 12.7. The van der Waals surface area contributed by atoms with E-state index in [9.17, 15) is 9.18 Å². The molecule has 0 atom stereocenters. The highest BCUT2D eigenvalue weighted by Gasteiger charge is 2.12. The molecule has 5 nitrogen and oxygen atoms in total. The van der Waals surface area contributed by atoms with E-state index in [0.717, 1.165) is 0 Å². The molecule has 0 unspecified atom stereocenters.